The minimum Gasteiger partial charge on any atom is -0.336 e. The van der Waals surface area contributed by atoms with Gasteiger partial charge in [0, 0.05) is 58.4 Å². The number of hydrogen-bond donors (Lipinski definition) is 0. The van der Waals surface area contributed by atoms with Gasteiger partial charge in [-0.2, -0.15) is 0 Å². The summed E-state index contributed by atoms with van der Waals surface area (Å²) >= 11 is 6.26. The fraction of sp³-hybridized carbons (Fsp3) is 0.304. The van der Waals surface area contributed by atoms with Gasteiger partial charge in [0.15, 0.2) is 0 Å². The Hall–Kier alpha value is -2.52. The highest BCUT2D eigenvalue weighted by Crippen LogP contribution is 2.24. The third kappa shape index (κ3) is 4.49. The van der Waals surface area contributed by atoms with Crippen LogP contribution in [0.1, 0.15) is 15.9 Å². The van der Waals surface area contributed by atoms with E-state index in [1.54, 1.807) is 11.1 Å². The van der Waals surface area contributed by atoms with Gasteiger partial charge in [0.1, 0.15) is 0 Å². The van der Waals surface area contributed by atoms with Crippen molar-refractivity contribution >= 4 is 38.4 Å². The van der Waals surface area contributed by atoms with Gasteiger partial charge in [-0.1, -0.05) is 35.9 Å². The Morgan fingerprint density at radius 1 is 1.06 bits per heavy atom. The lowest BCUT2D eigenvalue weighted by molar-refractivity contribution is 0.0629. The minimum atomic E-state index is -3.65. The average molecular weight is 473 g/mol. The van der Waals surface area contributed by atoms with Crippen LogP contribution in [0.5, 0.6) is 0 Å². The summed E-state index contributed by atoms with van der Waals surface area (Å²) < 4.78 is 26.0. The molecule has 0 spiro atoms. The first-order valence-electron chi connectivity index (χ1n) is 10.3. The second-order valence-corrected chi connectivity index (χ2v) is 10.5. The highest BCUT2D eigenvalue weighted by molar-refractivity contribution is 7.89. The lowest BCUT2D eigenvalue weighted by Crippen LogP contribution is -2.48. The van der Waals surface area contributed by atoms with E-state index in [1.165, 1.54) is 32.3 Å². The second-order valence-electron chi connectivity index (χ2n) is 7.99. The number of rotatable bonds is 5. The van der Waals surface area contributed by atoms with E-state index in [2.05, 4.69) is 28.1 Å². The van der Waals surface area contributed by atoms with Gasteiger partial charge in [-0.3, -0.25) is 14.7 Å². The van der Waals surface area contributed by atoms with E-state index in [-0.39, 0.29) is 21.4 Å². The maximum absolute atomic E-state index is 13.1. The third-order valence-corrected chi connectivity index (χ3v) is 7.86. The number of para-hydroxylation sites is 1. The molecule has 0 saturated carbocycles. The average Bonchev–Trinajstić information content (AvgIpc) is 2.79. The quantitative estimate of drug-likeness (QED) is 0.570. The van der Waals surface area contributed by atoms with Crippen LogP contribution in [-0.4, -0.2) is 73.7 Å². The summed E-state index contributed by atoms with van der Waals surface area (Å²) in [5.41, 5.74) is 2.37. The number of hydrogen-bond acceptors (Lipinski definition) is 5. The van der Waals surface area contributed by atoms with Crippen molar-refractivity contribution in [1.29, 1.82) is 0 Å². The van der Waals surface area contributed by atoms with Crippen LogP contribution < -0.4 is 0 Å². The van der Waals surface area contributed by atoms with Crippen molar-refractivity contribution in [2.75, 3.05) is 40.3 Å². The van der Waals surface area contributed by atoms with E-state index in [0.29, 0.717) is 26.2 Å². The zero-order valence-corrected chi connectivity index (χ0v) is 19.6. The van der Waals surface area contributed by atoms with Crippen molar-refractivity contribution < 1.29 is 13.2 Å². The molecule has 0 radical (unpaired) electrons. The first-order valence-corrected chi connectivity index (χ1v) is 12.2. The molecule has 0 bridgehead atoms. The Balaban J connectivity index is 1.46. The minimum absolute atomic E-state index is 0.0531. The van der Waals surface area contributed by atoms with Crippen molar-refractivity contribution in [2.45, 2.75) is 11.4 Å². The Kier molecular flexibility index (Phi) is 6.48. The molecule has 2 heterocycles. The Morgan fingerprint density at radius 2 is 1.78 bits per heavy atom. The number of halogens is 1. The molecule has 0 aliphatic carbocycles. The number of aromatic nitrogens is 1. The number of fused-ring (bicyclic) bond motifs is 1. The molecule has 1 saturated heterocycles. The fourth-order valence-corrected chi connectivity index (χ4v) is 4.98. The number of carbonyl (C=O) groups excluding carboxylic acids is 1. The molecular weight excluding hydrogens is 448 g/mol. The van der Waals surface area contributed by atoms with Gasteiger partial charge in [-0.15, -0.1) is 0 Å². The number of benzene rings is 2. The number of carbonyl (C=O) groups is 1. The van der Waals surface area contributed by atoms with Gasteiger partial charge in [-0.25, -0.2) is 12.7 Å². The molecule has 0 atom stereocenters. The molecule has 32 heavy (non-hydrogen) atoms. The molecular formula is C23H25ClN4O3S. The predicted octanol–water partition coefficient (Wildman–Crippen LogP) is 3.10. The summed E-state index contributed by atoms with van der Waals surface area (Å²) in [7, 11) is -0.743. The standard InChI is InChI=1S/C23H25ClN4O3S/c1-26(2)32(30,31)19-8-9-21(24)20(15-19)23(29)28-13-11-27(12-14-28)16-18-6-3-5-17-7-4-10-25-22(17)18/h3-10,15H,11-14,16H2,1-2H3. The molecule has 2 aromatic carbocycles. The maximum Gasteiger partial charge on any atom is 0.255 e. The van der Waals surface area contributed by atoms with Crippen LogP contribution in [0, 0.1) is 0 Å². The normalized spacial score (nSPS) is 15.4. The largest absolute Gasteiger partial charge is 0.336 e. The van der Waals surface area contributed by atoms with Crippen LogP contribution in [0.15, 0.2) is 59.6 Å². The molecule has 1 aliphatic rings. The summed E-state index contributed by atoms with van der Waals surface area (Å²) in [6.07, 6.45) is 1.80. The zero-order chi connectivity index (χ0) is 22.9. The van der Waals surface area contributed by atoms with Gasteiger partial charge in [0.05, 0.1) is 21.0 Å². The lowest BCUT2D eigenvalue weighted by atomic mass is 10.1. The van der Waals surface area contributed by atoms with E-state index in [9.17, 15) is 13.2 Å². The van der Waals surface area contributed by atoms with Gasteiger partial charge < -0.3 is 4.90 Å². The van der Waals surface area contributed by atoms with Gasteiger partial charge in [0.2, 0.25) is 10.0 Å². The van der Waals surface area contributed by atoms with Crippen LogP contribution in [-0.2, 0) is 16.6 Å². The second kappa shape index (κ2) is 9.15. The summed E-state index contributed by atoms with van der Waals surface area (Å²) in [6.45, 7) is 3.26. The van der Waals surface area contributed by atoms with E-state index in [1.807, 2.05) is 12.1 Å². The van der Waals surface area contributed by atoms with Gasteiger partial charge in [-0.05, 0) is 29.8 Å². The van der Waals surface area contributed by atoms with E-state index in [0.717, 1.165) is 27.3 Å². The summed E-state index contributed by atoms with van der Waals surface area (Å²) in [5.74, 6) is -0.253. The first kappa shape index (κ1) is 22.7. The third-order valence-electron chi connectivity index (χ3n) is 5.72. The van der Waals surface area contributed by atoms with Crippen LogP contribution in [0.25, 0.3) is 10.9 Å². The van der Waals surface area contributed by atoms with Gasteiger partial charge in [0.25, 0.3) is 5.91 Å². The smallest absolute Gasteiger partial charge is 0.255 e. The monoisotopic (exact) mass is 472 g/mol. The van der Waals surface area contributed by atoms with Gasteiger partial charge >= 0.3 is 0 Å². The van der Waals surface area contributed by atoms with Crippen molar-refractivity contribution in [3.05, 3.63) is 70.9 Å². The van der Waals surface area contributed by atoms with Crippen LogP contribution >= 0.6 is 11.6 Å². The zero-order valence-electron chi connectivity index (χ0n) is 18.0. The SMILES string of the molecule is CN(C)S(=O)(=O)c1ccc(Cl)c(C(=O)N2CCN(Cc3cccc4cccnc34)CC2)c1. The molecule has 0 N–H and O–H groups in total. The fourth-order valence-electron chi connectivity index (χ4n) is 3.85. The molecule has 9 heteroatoms. The Bertz CT molecular complexity index is 1250. The van der Waals surface area contributed by atoms with Crippen LogP contribution in [0.4, 0.5) is 0 Å². The van der Waals surface area contributed by atoms with Crippen molar-refractivity contribution in [3.8, 4) is 0 Å². The van der Waals surface area contributed by atoms with Crippen LogP contribution in [0.3, 0.4) is 0 Å². The summed E-state index contributed by atoms with van der Waals surface area (Å²) in [4.78, 5) is 21.7. The first-order chi connectivity index (χ1) is 15.3. The molecule has 3 aromatic rings. The van der Waals surface area contributed by atoms with E-state index >= 15 is 0 Å². The van der Waals surface area contributed by atoms with E-state index in [4.69, 9.17) is 11.6 Å². The number of pyridine rings is 1. The molecule has 1 fully saturated rings. The number of nitrogens with zero attached hydrogens (tertiary/aromatic N) is 4. The highest BCUT2D eigenvalue weighted by atomic mass is 35.5. The molecule has 1 amide bonds. The topological polar surface area (TPSA) is 73.8 Å². The number of amides is 1. The number of piperazine rings is 1. The van der Waals surface area contributed by atoms with Crippen molar-refractivity contribution in [3.63, 3.8) is 0 Å². The molecule has 1 aliphatic heterocycles. The molecule has 7 nitrogen and oxygen atoms in total. The lowest BCUT2D eigenvalue weighted by Gasteiger charge is -2.35. The highest BCUT2D eigenvalue weighted by Gasteiger charge is 2.26. The van der Waals surface area contributed by atoms with Crippen molar-refractivity contribution in [1.82, 2.24) is 19.1 Å². The van der Waals surface area contributed by atoms with E-state index < -0.39 is 10.0 Å². The summed E-state index contributed by atoms with van der Waals surface area (Å²) in [5, 5.41) is 1.36. The molecule has 1 aromatic heterocycles. The van der Waals surface area contributed by atoms with Crippen molar-refractivity contribution in [2.24, 2.45) is 0 Å². The predicted molar refractivity (Wildman–Crippen MR) is 125 cm³/mol. The Morgan fingerprint density at radius 3 is 2.50 bits per heavy atom. The molecule has 4 rings (SSSR count). The number of sulfonamides is 1. The maximum atomic E-state index is 13.1. The van der Waals surface area contributed by atoms with Crippen LogP contribution in [0.2, 0.25) is 5.02 Å². The molecule has 0 unspecified atom stereocenters. The summed E-state index contributed by atoms with van der Waals surface area (Å²) in [6, 6.07) is 14.4. The Labute approximate surface area is 193 Å². The molecule has 168 valence electrons.